The molecule has 0 aliphatic carbocycles. The van der Waals surface area contributed by atoms with E-state index >= 15 is 0 Å². The Kier molecular flexibility index (Phi) is 61.0. The number of hydrogen-bond acceptors (Lipinski definition) is 5. The van der Waals surface area contributed by atoms with Crippen LogP contribution in [0.3, 0.4) is 0 Å². The van der Waals surface area contributed by atoms with E-state index in [2.05, 4.69) is 43.5 Å². The van der Waals surface area contributed by atoms with Crippen LogP contribution in [0.1, 0.15) is 354 Å². The van der Waals surface area contributed by atoms with Crippen LogP contribution in [0.4, 0.5) is 0 Å². The largest absolute Gasteiger partial charge is 0.466 e. The summed E-state index contributed by atoms with van der Waals surface area (Å²) in [5.41, 5.74) is 0. The number of aliphatic hydroxyl groups is 2. The lowest BCUT2D eigenvalue weighted by Crippen LogP contribution is -2.45. The number of allylic oxidation sites excluding steroid dienone is 5. The fourth-order valence-corrected chi connectivity index (χ4v) is 10.1. The van der Waals surface area contributed by atoms with Gasteiger partial charge in [0.2, 0.25) is 5.91 Å². The maximum absolute atomic E-state index is 12.5. The molecule has 6 heteroatoms. The zero-order valence-electron chi connectivity index (χ0n) is 49.1. The predicted molar refractivity (Wildman–Crippen MR) is 319 cm³/mol. The van der Waals surface area contributed by atoms with Crippen molar-refractivity contribution < 1.29 is 24.5 Å². The molecule has 0 aromatic heterocycles. The molecule has 3 N–H and O–H groups in total. The molecular weight excluding hydrogens is 899 g/mol. The van der Waals surface area contributed by atoms with Gasteiger partial charge in [-0.2, -0.15) is 0 Å². The molecule has 0 spiro atoms. The molecule has 0 aromatic rings. The Balaban J connectivity index is 3.37. The van der Waals surface area contributed by atoms with Crippen molar-refractivity contribution in [3.8, 4) is 0 Å². The van der Waals surface area contributed by atoms with Gasteiger partial charge in [0.1, 0.15) is 0 Å². The number of amides is 1. The highest BCUT2D eigenvalue weighted by atomic mass is 16.5. The van der Waals surface area contributed by atoms with Gasteiger partial charge in [-0.25, -0.2) is 0 Å². The van der Waals surface area contributed by atoms with E-state index < -0.39 is 12.1 Å². The van der Waals surface area contributed by atoms with Crippen LogP contribution in [0, 0.1) is 0 Å². The first-order chi connectivity index (χ1) is 36.0. The first-order valence-corrected chi connectivity index (χ1v) is 32.8. The number of carbonyl (C=O) groups is 2. The van der Waals surface area contributed by atoms with Crippen molar-refractivity contribution in [2.24, 2.45) is 0 Å². The van der Waals surface area contributed by atoms with Crippen molar-refractivity contribution in [2.45, 2.75) is 366 Å². The average molecular weight is 1030 g/mol. The van der Waals surface area contributed by atoms with Crippen LogP contribution in [0.15, 0.2) is 36.5 Å². The van der Waals surface area contributed by atoms with Crippen molar-refractivity contribution in [3.63, 3.8) is 0 Å². The Bertz CT molecular complexity index is 1180. The van der Waals surface area contributed by atoms with E-state index in [1.54, 1.807) is 6.08 Å². The Morgan fingerprint density at radius 2 is 0.685 bits per heavy atom. The molecule has 0 saturated carbocycles. The van der Waals surface area contributed by atoms with Gasteiger partial charge >= 0.3 is 5.97 Å². The molecule has 430 valence electrons. The molecule has 0 saturated heterocycles. The standard InChI is InChI=1S/C67H127NO5/c1-3-5-7-9-11-13-15-17-19-29-33-37-41-45-49-53-57-61-67(72)73-62-58-54-50-46-42-38-34-31-28-26-24-22-20-21-23-25-27-30-32-36-40-44-48-52-56-60-66(71)68-64(63-69)65(70)59-55-51-47-43-39-35-18-16-14-12-10-8-6-4-2/h11,13,17,19,55,59,64-65,69-70H,3-10,12,14-16,18,20-54,56-58,60-63H2,1-2H3,(H,68,71)/b13-11-,19-17-,59-55+. The minimum Gasteiger partial charge on any atom is -0.466 e. The quantitative estimate of drug-likeness (QED) is 0.0320. The number of hydrogen-bond donors (Lipinski definition) is 3. The van der Waals surface area contributed by atoms with Crippen molar-refractivity contribution in [1.82, 2.24) is 5.32 Å². The number of unbranched alkanes of at least 4 members (excludes halogenated alkanes) is 46. The molecule has 0 aliphatic rings. The Hall–Kier alpha value is -1.92. The summed E-state index contributed by atoms with van der Waals surface area (Å²) in [6, 6.07) is -0.626. The second-order valence-corrected chi connectivity index (χ2v) is 22.5. The van der Waals surface area contributed by atoms with Crippen LogP contribution >= 0.6 is 0 Å². The summed E-state index contributed by atoms with van der Waals surface area (Å²) >= 11 is 0. The van der Waals surface area contributed by atoms with Crippen molar-refractivity contribution >= 4 is 11.9 Å². The monoisotopic (exact) mass is 1030 g/mol. The summed E-state index contributed by atoms with van der Waals surface area (Å²) in [5, 5.41) is 23.1. The van der Waals surface area contributed by atoms with Crippen LogP contribution in [0.25, 0.3) is 0 Å². The smallest absolute Gasteiger partial charge is 0.305 e. The summed E-state index contributed by atoms with van der Waals surface area (Å²) in [6.07, 6.45) is 79.1. The van der Waals surface area contributed by atoms with Gasteiger partial charge in [0.15, 0.2) is 0 Å². The fraction of sp³-hybridized carbons (Fsp3) is 0.881. The SMILES string of the molecule is CCCCC/C=C\C/C=C\CCCCCCCCCC(=O)OCCCCCCCCCCCCCCCCCCCCCCCCCCCC(=O)NC(CO)C(O)/C=C/CCCCCCCCCCCCCC. The molecule has 2 unspecified atom stereocenters. The lowest BCUT2D eigenvalue weighted by Gasteiger charge is -2.20. The van der Waals surface area contributed by atoms with Gasteiger partial charge in [-0.3, -0.25) is 9.59 Å². The Morgan fingerprint density at radius 3 is 1.07 bits per heavy atom. The van der Waals surface area contributed by atoms with Gasteiger partial charge in [0, 0.05) is 12.8 Å². The molecule has 0 rings (SSSR count). The van der Waals surface area contributed by atoms with E-state index in [0.717, 1.165) is 51.4 Å². The summed E-state index contributed by atoms with van der Waals surface area (Å²) in [6.45, 7) is 4.89. The van der Waals surface area contributed by atoms with Crippen LogP contribution < -0.4 is 5.32 Å². The summed E-state index contributed by atoms with van der Waals surface area (Å²) in [7, 11) is 0. The third-order valence-corrected chi connectivity index (χ3v) is 15.2. The van der Waals surface area contributed by atoms with Gasteiger partial charge in [0.25, 0.3) is 0 Å². The zero-order valence-corrected chi connectivity index (χ0v) is 49.1. The summed E-state index contributed by atoms with van der Waals surface area (Å²) in [5.74, 6) is -0.0568. The summed E-state index contributed by atoms with van der Waals surface area (Å²) < 4.78 is 5.49. The molecular formula is C67H127NO5. The highest BCUT2D eigenvalue weighted by Gasteiger charge is 2.18. The molecule has 6 nitrogen and oxygen atoms in total. The highest BCUT2D eigenvalue weighted by Crippen LogP contribution is 2.18. The predicted octanol–water partition coefficient (Wildman–Crippen LogP) is 20.8. The van der Waals surface area contributed by atoms with E-state index in [9.17, 15) is 19.8 Å². The van der Waals surface area contributed by atoms with Gasteiger partial charge in [0.05, 0.1) is 25.4 Å². The van der Waals surface area contributed by atoms with E-state index in [1.165, 1.54) is 276 Å². The molecule has 0 bridgehead atoms. The van der Waals surface area contributed by atoms with Crippen molar-refractivity contribution in [1.29, 1.82) is 0 Å². The van der Waals surface area contributed by atoms with E-state index in [-0.39, 0.29) is 18.5 Å². The topological polar surface area (TPSA) is 95.9 Å². The van der Waals surface area contributed by atoms with Gasteiger partial charge < -0.3 is 20.3 Å². The van der Waals surface area contributed by atoms with Crippen molar-refractivity contribution in [3.05, 3.63) is 36.5 Å². The van der Waals surface area contributed by atoms with Crippen molar-refractivity contribution in [2.75, 3.05) is 13.2 Å². The minimum atomic E-state index is -0.843. The minimum absolute atomic E-state index is 0.00834. The van der Waals surface area contributed by atoms with Gasteiger partial charge in [-0.15, -0.1) is 0 Å². The number of carbonyl (C=O) groups excluding carboxylic acids is 2. The number of rotatable bonds is 61. The van der Waals surface area contributed by atoms with Crippen LogP contribution in [-0.4, -0.2) is 47.4 Å². The number of esters is 1. The zero-order chi connectivity index (χ0) is 52.9. The molecule has 2 atom stereocenters. The third-order valence-electron chi connectivity index (χ3n) is 15.2. The second kappa shape index (κ2) is 62.6. The molecule has 0 aromatic carbocycles. The maximum atomic E-state index is 12.5. The lowest BCUT2D eigenvalue weighted by molar-refractivity contribution is -0.143. The number of aliphatic hydroxyl groups excluding tert-OH is 2. The lowest BCUT2D eigenvalue weighted by atomic mass is 10.0. The molecule has 0 heterocycles. The van der Waals surface area contributed by atoms with E-state index in [1.807, 2.05) is 6.08 Å². The molecule has 0 radical (unpaired) electrons. The molecule has 73 heavy (non-hydrogen) atoms. The average Bonchev–Trinajstić information content (AvgIpc) is 3.39. The molecule has 1 amide bonds. The van der Waals surface area contributed by atoms with Gasteiger partial charge in [-0.1, -0.05) is 314 Å². The Morgan fingerprint density at radius 1 is 0.384 bits per heavy atom. The number of ether oxygens (including phenoxy) is 1. The highest BCUT2D eigenvalue weighted by molar-refractivity contribution is 5.76. The van der Waals surface area contributed by atoms with Crippen LogP contribution in [-0.2, 0) is 14.3 Å². The third kappa shape index (κ3) is 59.2. The van der Waals surface area contributed by atoms with Gasteiger partial charge in [-0.05, 0) is 64.2 Å². The second-order valence-electron chi connectivity index (χ2n) is 22.5. The normalized spacial score (nSPS) is 12.8. The van der Waals surface area contributed by atoms with E-state index in [0.29, 0.717) is 19.4 Å². The van der Waals surface area contributed by atoms with Crippen LogP contribution in [0.2, 0.25) is 0 Å². The van der Waals surface area contributed by atoms with Crippen LogP contribution in [0.5, 0.6) is 0 Å². The molecule has 0 aliphatic heterocycles. The summed E-state index contributed by atoms with van der Waals surface area (Å²) in [4.78, 5) is 24.5. The Labute approximate surface area is 455 Å². The first-order valence-electron chi connectivity index (χ1n) is 32.8. The molecule has 0 fully saturated rings. The first kappa shape index (κ1) is 71.1. The fourth-order valence-electron chi connectivity index (χ4n) is 10.1. The number of nitrogens with one attached hydrogen (secondary N) is 1. The maximum Gasteiger partial charge on any atom is 0.305 e. The van der Waals surface area contributed by atoms with E-state index in [4.69, 9.17) is 4.74 Å².